The zero-order valence-corrected chi connectivity index (χ0v) is 18.0. The molecule has 6 nitrogen and oxygen atoms in total. The van der Waals surface area contributed by atoms with E-state index in [1.165, 1.54) is 26.2 Å². The predicted octanol–water partition coefficient (Wildman–Crippen LogP) is 3.84. The van der Waals surface area contributed by atoms with Crippen molar-refractivity contribution in [1.82, 2.24) is 5.32 Å². The molecule has 1 fully saturated rings. The minimum Gasteiger partial charge on any atom is -0.493 e. The lowest BCUT2D eigenvalue weighted by Crippen LogP contribution is -2.31. The van der Waals surface area contributed by atoms with Crippen LogP contribution in [0.25, 0.3) is 0 Å². The fraction of sp³-hybridized carbons (Fsp3) is 0.417. The Bertz CT molecular complexity index is 901. The number of amides is 1. The van der Waals surface area contributed by atoms with Crippen molar-refractivity contribution < 1.29 is 23.5 Å². The lowest BCUT2D eigenvalue weighted by molar-refractivity contribution is -0.121. The fourth-order valence-electron chi connectivity index (χ4n) is 3.65. The minimum atomic E-state index is -0.234. The number of halogens is 1. The summed E-state index contributed by atoms with van der Waals surface area (Å²) in [6, 6.07) is 11.6. The first-order chi connectivity index (χ1) is 15.0. The summed E-state index contributed by atoms with van der Waals surface area (Å²) in [6.07, 6.45) is 1.95. The molecular formula is C24H29FN2O4. The highest BCUT2D eigenvalue weighted by molar-refractivity contribution is 5.94. The third-order valence-electron chi connectivity index (χ3n) is 5.44. The highest BCUT2D eigenvalue weighted by atomic mass is 19.1. The Balaban J connectivity index is 1.35. The molecule has 0 saturated carbocycles. The van der Waals surface area contributed by atoms with Gasteiger partial charge >= 0.3 is 0 Å². The van der Waals surface area contributed by atoms with E-state index < -0.39 is 0 Å². The quantitative estimate of drug-likeness (QED) is 0.460. The van der Waals surface area contributed by atoms with Gasteiger partial charge in [0.2, 0.25) is 5.91 Å². The first-order valence-electron chi connectivity index (χ1n) is 10.5. The molecule has 1 amide bonds. The van der Waals surface area contributed by atoms with Gasteiger partial charge in [-0.25, -0.2) is 4.39 Å². The van der Waals surface area contributed by atoms with Crippen LogP contribution in [0.15, 0.2) is 42.5 Å². The Hall–Kier alpha value is -3.09. The summed E-state index contributed by atoms with van der Waals surface area (Å²) < 4.78 is 24.1. The third kappa shape index (κ3) is 6.44. The Morgan fingerprint density at radius 1 is 1.16 bits per heavy atom. The largest absolute Gasteiger partial charge is 0.493 e. The molecule has 2 aromatic rings. The summed E-state index contributed by atoms with van der Waals surface area (Å²) in [5, 5.41) is 3.00. The number of ketones is 1. The van der Waals surface area contributed by atoms with Crippen LogP contribution in [0.4, 0.5) is 10.1 Å². The average molecular weight is 429 g/mol. The number of carbonyl (C=O) groups is 2. The molecule has 0 aliphatic carbocycles. The number of nitrogens with one attached hydrogen (secondary N) is 1. The molecule has 7 heteroatoms. The summed E-state index contributed by atoms with van der Waals surface area (Å²) in [5.74, 6) is 1.17. The Morgan fingerprint density at radius 2 is 1.94 bits per heavy atom. The van der Waals surface area contributed by atoms with Crippen molar-refractivity contribution in [3.63, 3.8) is 0 Å². The zero-order chi connectivity index (χ0) is 22.2. The highest BCUT2D eigenvalue weighted by Gasteiger charge is 2.23. The van der Waals surface area contributed by atoms with Crippen molar-refractivity contribution in [2.45, 2.75) is 26.2 Å². The number of hydrogen-bond acceptors (Lipinski definition) is 5. The molecule has 1 aliphatic rings. The topological polar surface area (TPSA) is 67.9 Å². The van der Waals surface area contributed by atoms with E-state index in [0.29, 0.717) is 49.0 Å². The van der Waals surface area contributed by atoms with Crippen molar-refractivity contribution in [3.05, 3.63) is 53.8 Å². The molecule has 1 aliphatic heterocycles. The second-order valence-corrected chi connectivity index (χ2v) is 7.76. The lowest BCUT2D eigenvalue weighted by Gasteiger charge is -2.18. The van der Waals surface area contributed by atoms with Gasteiger partial charge in [-0.2, -0.15) is 0 Å². The molecular weight excluding hydrogens is 399 g/mol. The van der Waals surface area contributed by atoms with E-state index in [2.05, 4.69) is 10.2 Å². The van der Waals surface area contributed by atoms with Crippen molar-refractivity contribution in [2.24, 2.45) is 5.92 Å². The van der Waals surface area contributed by atoms with E-state index >= 15 is 0 Å². The van der Waals surface area contributed by atoms with Gasteiger partial charge in [-0.1, -0.05) is 0 Å². The molecule has 3 rings (SSSR count). The molecule has 0 radical (unpaired) electrons. The second-order valence-electron chi connectivity index (χ2n) is 7.76. The third-order valence-corrected chi connectivity index (χ3v) is 5.44. The van der Waals surface area contributed by atoms with Crippen LogP contribution in [0.3, 0.4) is 0 Å². The average Bonchev–Trinajstić information content (AvgIpc) is 3.24. The Morgan fingerprint density at radius 3 is 2.65 bits per heavy atom. The maximum absolute atomic E-state index is 13.1. The molecule has 166 valence electrons. The zero-order valence-electron chi connectivity index (χ0n) is 18.0. The van der Waals surface area contributed by atoms with Gasteiger partial charge in [0, 0.05) is 37.3 Å². The smallest absolute Gasteiger partial charge is 0.220 e. The fourth-order valence-corrected chi connectivity index (χ4v) is 3.65. The van der Waals surface area contributed by atoms with Gasteiger partial charge in [0.25, 0.3) is 0 Å². The first-order valence-corrected chi connectivity index (χ1v) is 10.5. The SMILES string of the molecule is COc1cc(C(C)=O)ccc1OCCCC(=O)NCC1CCN(c2ccc(F)cc2)C1. The number of Topliss-reactive ketones (excluding diaryl/α,β-unsaturated/α-hetero) is 1. The van der Waals surface area contributed by atoms with Crippen LogP contribution in [-0.4, -0.2) is 45.0 Å². The summed E-state index contributed by atoms with van der Waals surface area (Å²) in [7, 11) is 1.53. The van der Waals surface area contributed by atoms with Gasteiger partial charge in [-0.15, -0.1) is 0 Å². The van der Waals surface area contributed by atoms with Gasteiger partial charge in [-0.3, -0.25) is 9.59 Å². The number of ether oxygens (including phenoxy) is 2. The number of methoxy groups -OCH3 is 1. The minimum absolute atomic E-state index is 0.00252. The maximum Gasteiger partial charge on any atom is 0.220 e. The van der Waals surface area contributed by atoms with Gasteiger partial charge in [0.1, 0.15) is 5.82 Å². The van der Waals surface area contributed by atoms with E-state index in [0.717, 1.165) is 25.2 Å². The molecule has 1 unspecified atom stereocenters. The van der Waals surface area contributed by atoms with E-state index in [9.17, 15) is 14.0 Å². The Labute approximate surface area is 182 Å². The first kappa shape index (κ1) is 22.6. The van der Waals surface area contributed by atoms with Gasteiger partial charge in [-0.05, 0) is 68.1 Å². The molecule has 1 saturated heterocycles. The van der Waals surface area contributed by atoms with Crippen LogP contribution in [0, 0.1) is 11.7 Å². The van der Waals surface area contributed by atoms with Crippen molar-refractivity contribution in [2.75, 3.05) is 38.3 Å². The molecule has 0 aromatic heterocycles. The standard InChI is InChI=1S/C24H29FN2O4/c1-17(28)19-5-10-22(23(14-19)30-2)31-13-3-4-24(29)26-15-18-11-12-27(16-18)21-8-6-20(25)7-9-21/h5-10,14,18H,3-4,11-13,15-16H2,1-2H3,(H,26,29). The van der Waals surface area contributed by atoms with Crippen molar-refractivity contribution in [3.8, 4) is 11.5 Å². The second kappa shape index (κ2) is 10.8. The van der Waals surface area contributed by atoms with Gasteiger partial charge in [0.05, 0.1) is 13.7 Å². The number of hydrogen-bond donors (Lipinski definition) is 1. The number of carbonyl (C=O) groups excluding carboxylic acids is 2. The van der Waals surface area contributed by atoms with Crippen LogP contribution in [0.1, 0.15) is 36.5 Å². The lowest BCUT2D eigenvalue weighted by atomic mass is 10.1. The Kier molecular flexibility index (Phi) is 7.87. The molecule has 1 atom stereocenters. The van der Waals surface area contributed by atoms with Crippen LogP contribution >= 0.6 is 0 Å². The van der Waals surface area contributed by atoms with E-state index in [1.54, 1.807) is 30.3 Å². The number of rotatable bonds is 10. The van der Waals surface area contributed by atoms with Crippen LogP contribution in [0.2, 0.25) is 0 Å². The molecule has 31 heavy (non-hydrogen) atoms. The van der Waals surface area contributed by atoms with Gasteiger partial charge in [0.15, 0.2) is 17.3 Å². The predicted molar refractivity (Wildman–Crippen MR) is 117 cm³/mol. The highest BCUT2D eigenvalue weighted by Crippen LogP contribution is 2.28. The summed E-state index contributed by atoms with van der Waals surface area (Å²) in [4.78, 5) is 25.8. The summed E-state index contributed by atoms with van der Waals surface area (Å²) in [5.41, 5.74) is 1.58. The molecule has 0 spiro atoms. The molecule has 1 N–H and O–H groups in total. The molecule has 1 heterocycles. The summed E-state index contributed by atoms with van der Waals surface area (Å²) in [6.45, 7) is 4.28. The maximum atomic E-state index is 13.1. The van der Waals surface area contributed by atoms with E-state index in [1.807, 2.05) is 0 Å². The van der Waals surface area contributed by atoms with Crippen LogP contribution in [-0.2, 0) is 4.79 Å². The summed E-state index contributed by atoms with van der Waals surface area (Å²) >= 11 is 0. The van der Waals surface area contributed by atoms with Crippen molar-refractivity contribution >= 4 is 17.4 Å². The van der Waals surface area contributed by atoms with Crippen molar-refractivity contribution in [1.29, 1.82) is 0 Å². The number of benzene rings is 2. The van der Waals surface area contributed by atoms with Crippen LogP contribution < -0.4 is 19.7 Å². The van der Waals surface area contributed by atoms with E-state index in [-0.39, 0.29) is 17.5 Å². The van der Waals surface area contributed by atoms with E-state index in [4.69, 9.17) is 9.47 Å². The van der Waals surface area contributed by atoms with Gasteiger partial charge < -0.3 is 19.7 Å². The normalized spacial score (nSPS) is 15.6. The molecule has 0 bridgehead atoms. The molecule has 2 aromatic carbocycles. The number of nitrogens with zero attached hydrogens (tertiary/aromatic N) is 1. The van der Waals surface area contributed by atoms with Crippen LogP contribution in [0.5, 0.6) is 11.5 Å². The monoisotopic (exact) mass is 428 g/mol. The number of anilines is 1.